The fraction of sp³-hybridized carbons (Fsp3) is 0.333. The van der Waals surface area contributed by atoms with E-state index in [-0.39, 0.29) is 0 Å². The average molecular weight is 219 g/mol. The van der Waals surface area contributed by atoms with Crippen LogP contribution in [0.4, 0.5) is 0 Å². The number of carbonyl (C=O) groups is 1. The molecule has 1 rings (SSSR count). The van der Waals surface area contributed by atoms with Crippen LogP contribution < -0.4 is 4.74 Å². The van der Waals surface area contributed by atoms with Crippen LogP contribution in [0.15, 0.2) is 12.1 Å². The van der Waals surface area contributed by atoms with Gasteiger partial charge in [-0.25, -0.2) is 4.79 Å². The quantitative estimate of drug-likeness (QED) is 0.730. The summed E-state index contributed by atoms with van der Waals surface area (Å²) in [7, 11) is 1.49. The first-order chi connectivity index (χ1) is 7.63. The van der Waals surface area contributed by atoms with Gasteiger partial charge in [-0.1, -0.05) is 0 Å². The van der Waals surface area contributed by atoms with Crippen LogP contribution in [0.1, 0.15) is 28.4 Å². The number of rotatable bonds is 3. The number of hydrogen-bond acceptors (Lipinski definition) is 4. The molecule has 0 radical (unpaired) electrons. The van der Waals surface area contributed by atoms with Crippen LogP contribution in [0, 0.1) is 18.3 Å². The third-order valence-corrected chi connectivity index (χ3v) is 2.23. The van der Waals surface area contributed by atoms with Crippen molar-refractivity contribution in [3.05, 3.63) is 28.8 Å². The van der Waals surface area contributed by atoms with Gasteiger partial charge in [0.1, 0.15) is 5.75 Å². The van der Waals surface area contributed by atoms with E-state index in [9.17, 15) is 4.79 Å². The highest BCUT2D eigenvalue weighted by molar-refractivity contribution is 5.92. The van der Waals surface area contributed by atoms with E-state index in [1.807, 2.05) is 6.07 Å². The highest BCUT2D eigenvalue weighted by Gasteiger charge is 2.15. The van der Waals surface area contributed by atoms with Gasteiger partial charge in [-0.15, -0.1) is 0 Å². The highest BCUT2D eigenvalue weighted by atomic mass is 16.5. The SMILES string of the molecule is CCOC(=O)c1cc(OC)cc(C#N)c1C. The predicted molar refractivity (Wildman–Crippen MR) is 58.4 cm³/mol. The molecular weight excluding hydrogens is 206 g/mol. The Morgan fingerprint density at radius 1 is 1.50 bits per heavy atom. The third-order valence-electron chi connectivity index (χ3n) is 2.23. The Morgan fingerprint density at radius 2 is 2.19 bits per heavy atom. The molecule has 1 aromatic carbocycles. The van der Waals surface area contributed by atoms with Gasteiger partial charge in [0.05, 0.1) is 30.9 Å². The highest BCUT2D eigenvalue weighted by Crippen LogP contribution is 2.22. The van der Waals surface area contributed by atoms with E-state index in [0.717, 1.165) is 0 Å². The minimum atomic E-state index is -0.435. The molecule has 1 aromatic rings. The number of hydrogen-bond donors (Lipinski definition) is 0. The summed E-state index contributed by atoms with van der Waals surface area (Å²) in [5.74, 6) is 0.0422. The zero-order valence-electron chi connectivity index (χ0n) is 9.53. The maximum Gasteiger partial charge on any atom is 0.338 e. The summed E-state index contributed by atoms with van der Waals surface area (Å²) < 4.78 is 9.93. The van der Waals surface area contributed by atoms with Gasteiger partial charge in [-0.3, -0.25) is 0 Å². The molecular formula is C12H13NO3. The molecule has 16 heavy (non-hydrogen) atoms. The number of benzene rings is 1. The summed E-state index contributed by atoms with van der Waals surface area (Å²) in [6.07, 6.45) is 0. The Bertz CT molecular complexity index is 446. The molecule has 0 unspecified atom stereocenters. The molecule has 4 heteroatoms. The van der Waals surface area contributed by atoms with Gasteiger partial charge in [0, 0.05) is 0 Å². The Morgan fingerprint density at radius 3 is 2.69 bits per heavy atom. The van der Waals surface area contributed by atoms with Crippen LogP contribution in [0.3, 0.4) is 0 Å². The van der Waals surface area contributed by atoms with Gasteiger partial charge in [0.2, 0.25) is 0 Å². The van der Waals surface area contributed by atoms with Gasteiger partial charge in [-0.2, -0.15) is 5.26 Å². The van der Waals surface area contributed by atoms with Crippen molar-refractivity contribution in [1.29, 1.82) is 5.26 Å². The topological polar surface area (TPSA) is 59.3 Å². The summed E-state index contributed by atoms with van der Waals surface area (Å²) in [5.41, 5.74) is 1.40. The second-order valence-electron chi connectivity index (χ2n) is 3.18. The predicted octanol–water partition coefficient (Wildman–Crippen LogP) is 2.05. The molecule has 0 spiro atoms. The first kappa shape index (κ1) is 12.1. The van der Waals surface area contributed by atoms with Crippen molar-refractivity contribution in [2.45, 2.75) is 13.8 Å². The maximum atomic E-state index is 11.6. The first-order valence-corrected chi connectivity index (χ1v) is 4.89. The minimum absolute atomic E-state index is 0.303. The maximum absolute atomic E-state index is 11.6. The van der Waals surface area contributed by atoms with Crippen molar-refractivity contribution in [2.75, 3.05) is 13.7 Å². The van der Waals surface area contributed by atoms with E-state index in [2.05, 4.69) is 0 Å². The zero-order valence-corrected chi connectivity index (χ0v) is 9.53. The van der Waals surface area contributed by atoms with E-state index < -0.39 is 5.97 Å². The van der Waals surface area contributed by atoms with Crippen molar-refractivity contribution in [2.24, 2.45) is 0 Å². The average Bonchev–Trinajstić information content (AvgIpc) is 2.29. The van der Waals surface area contributed by atoms with Crippen LogP contribution in [-0.2, 0) is 4.74 Å². The van der Waals surface area contributed by atoms with Crippen molar-refractivity contribution in [3.8, 4) is 11.8 Å². The van der Waals surface area contributed by atoms with Crippen LogP contribution in [-0.4, -0.2) is 19.7 Å². The van der Waals surface area contributed by atoms with E-state index in [1.165, 1.54) is 7.11 Å². The number of carbonyl (C=O) groups excluding carboxylic acids is 1. The lowest BCUT2D eigenvalue weighted by Gasteiger charge is -2.09. The molecule has 0 aliphatic heterocycles. The molecule has 84 valence electrons. The molecule has 0 N–H and O–H groups in total. The molecule has 0 saturated heterocycles. The lowest BCUT2D eigenvalue weighted by atomic mass is 10.0. The molecule has 0 amide bonds. The number of esters is 1. The Kier molecular flexibility index (Phi) is 3.90. The van der Waals surface area contributed by atoms with Crippen molar-refractivity contribution in [1.82, 2.24) is 0 Å². The van der Waals surface area contributed by atoms with Gasteiger partial charge in [-0.05, 0) is 31.5 Å². The lowest BCUT2D eigenvalue weighted by molar-refractivity contribution is 0.0525. The Hall–Kier alpha value is -2.02. The zero-order chi connectivity index (χ0) is 12.1. The largest absolute Gasteiger partial charge is 0.497 e. The normalized spacial score (nSPS) is 9.38. The van der Waals surface area contributed by atoms with Gasteiger partial charge in [0.25, 0.3) is 0 Å². The number of ether oxygens (including phenoxy) is 2. The van der Waals surface area contributed by atoms with E-state index >= 15 is 0 Å². The summed E-state index contributed by atoms with van der Waals surface area (Å²) in [6, 6.07) is 5.19. The molecule has 0 heterocycles. The molecule has 0 bridgehead atoms. The number of nitrogens with zero attached hydrogens (tertiary/aromatic N) is 1. The van der Waals surface area contributed by atoms with Crippen LogP contribution >= 0.6 is 0 Å². The van der Waals surface area contributed by atoms with Crippen LogP contribution in [0.2, 0.25) is 0 Å². The summed E-state index contributed by atoms with van der Waals surface area (Å²) in [5, 5.41) is 8.92. The number of methoxy groups -OCH3 is 1. The molecule has 0 aliphatic rings. The fourth-order valence-electron chi connectivity index (χ4n) is 1.34. The molecule has 0 aliphatic carbocycles. The summed E-state index contributed by atoms with van der Waals surface area (Å²) in [4.78, 5) is 11.6. The lowest BCUT2D eigenvalue weighted by Crippen LogP contribution is -2.08. The molecule has 0 saturated carbocycles. The smallest absolute Gasteiger partial charge is 0.338 e. The second-order valence-corrected chi connectivity index (χ2v) is 3.18. The Balaban J connectivity index is 3.27. The second kappa shape index (κ2) is 5.17. The minimum Gasteiger partial charge on any atom is -0.497 e. The third kappa shape index (κ3) is 2.31. The van der Waals surface area contributed by atoms with Gasteiger partial charge < -0.3 is 9.47 Å². The van der Waals surface area contributed by atoms with Crippen molar-refractivity contribution >= 4 is 5.97 Å². The molecule has 0 fully saturated rings. The van der Waals surface area contributed by atoms with Crippen LogP contribution in [0.25, 0.3) is 0 Å². The fourth-order valence-corrected chi connectivity index (χ4v) is 1.34. The van der Waals surface area contributed by atoms with Crippen LogP contribution in [0.5, 0.6) is 5.75 Å². The van der Waals surface area contributed by atoms with Crippen molar-refractivity contribution in [3.63, 3.8) is 0 Å². The van der Waals surface area contributed by atoms with Gasteiger partial charge >= 0.3 is 5.97 Å². The van der Waals surface area contributed by atoms with Gasteiger partial charge in [0.15, 0.2) is 0 Å². The first-order valence-electron chi connectivity index (χ1n) is 4.89. The monoisotopic (exact) mass is 219 g/mol. The molecule has 0 aromatic heterocycles. The van der Waals surface area contributed by atoms with Crippen molar-refractivity contribution < 1.29 is 14.3 Å². The summed E-state index contributed by atoms with van der Waals surface area (Å²) in [6.45, 7) is 3.75. The summed E-state index contributed by atoms with van der Waals surface area (Å²) >= 11 is 0. The van der Waals surface area contributed by atoms with E-state index in [1.54, 1.807) is 26.0 Å². The molecule has 4 nitrogen and oxygen atoms in total. The number of nitriles is 1. The van der Waals surface area contributed by atoms with E-state index in [4.69, 9.17) is 14.7 Å². The Labute approximate surface area is 94.4 Å². The standard InChI is InChI=1S/C12H13NO3/c1-4-16-12(14)11-6-10(15-3)5-9(7-13)8(11)2/h5-6H,4H2,1-3H3. The van der Waals surface area contributed by atoms with E-state index in [0.29, 0.717) is 29.0 Å². The molecule has 0 atom stereocenters.